The molecule has 1 aliphatic rings. The van der Waals surface area contributed by atoms with Crippen LogP contribution in [0.5, 0.6) is 0 Å². The molecule has 1 atom stereocenters. The number of benzene rings is 2. The van der Waals surface area contributed by atoms with E-state index < -0.39 is 0 Å². The van der Waals surface area contributed by atoms with E-state index in [-0.39, 0.29) is 11.8 Å². The number of imidazole rings is 1. The monoisotopic (exact) mass is 345 g/mol. The fourth-order valence-electron chi connectivity index (χ4n) is 3.77. The first-order chi connectivity index (χ1) is 12.5. The van der Waals surface area contributed by atoms with Gasteiger partial charge in [-0.15, -0.1) is 0 Å². The Morgan fingerprint density at radius 3 is 2.81 bits per heavy atom. The fourth-order valence-corrected chi connectivity index (χ4v) is 3.77. The maximum absolute atomic E-state index is 12.7. The molecular formula is C22H23N3O. The third-order valence-corrected chi connectivity index (χ3v) is 4.92. The predicted molar refractivity (Wildman–Crippen MR) is 105 cm³/mol. The van der Waals surface area contributed by atoms with Gasteiger partial charge in [0.2, 0.25) is 5.91 Å². The summed E-state index contributed by atoms with van der Waals surface area (Å²) in [6.07, 6.45) is 0.494. The van der Waals surface area contributed by atoms with Crippen LogP contribution in [0, 0.1) is 6.92 Å². The van der Waals surface area contributed by atoms with E-state index in [1.54, 1.807) is 0 Å². The molecule has 1 aromatic heterocycles. The van der Waals surface area contributed by atoms with Crippen molar-refractivity contribution < 1.29 is 4.79 Å². The minimum Gasteiger partial charge on any atom is -0.324 e. The minimum absolute atomic E-state index is 0.0924. The standard InChI is InChI=1S/C22H23N3O/c1-15(2)13-25-20-10-5-4-9-19(20)23-22(25)17-12-21(26)24(14-17)18-8-6-7-16(3)11-18/h4-11,17H,1,12-14H2,2-3H3. The summed E-state index contributed by atoms with van der Waals surface area (Å²) in [6.45, 7) is 9.54. The highest BCUT2D eigenvalue weighted by molar-refractivity contribution is 5.96. The van der Waals surface area contributed by atoms with Crippen molar-refractivity contribution in [3.05, 3.63) is 72.1 Å². The Balaban J connectivity index is 1.72. The molecule has 1 unspecified atom stereocenters. The third-order valence-electron chi connectivity index (χ3n) is 4.92. The Labute approximate surface area is 153 Å². The van der Waals surface area contributed by atoms with Crippen LogP contribution in [-0.4, -0.2) is 22.0 Å². The number of carbonyl (C=O) groups is 1. The second-order valence-electron chi connectivity index (χ2n) is 7.25. The average molecular weight is 345 g/mol. The van der Waals surface area contributed by atoms with E-state index in [4.69, 9.17) is 4.98 Å². The number of rotatable bonds is 4. The molecule has 0 saturated carbocycles. The molecular weight excluding hydrogens is 322 g/mol. The van der Waals surface area contributed by atoms with Crippen molar-refractivity contribution in [1.29, 1.82) is 0 Å². The van der Waals surface area contributed by atoms with E-state index in [0.29, 0.717) is 13.0 Å². The Hall–Kier alpha value is -2.88. The highest BCUT2D eigenvalue weighted by Crippen LogP contribution is 2.33. The van der Waals surface area contributed by atoms with Crippen LogP contribution in [0.2, 0.25) is 0 Å². The van der Waals surface area contributed by atoms with Crippen molar-refractivity contribution in [3.8, 4) is 0 Å². The largest absolute Gasteiger partial charge is 0.324 e. The van der Waals surface area contributed by atoms with Crippen molar-refractivity contribution in [1.82, 2.24) is 9.55 Å². The van der Waals surface area contributed by atoms with Gasteiger partial charge in [-0.1, -0.05) is 36.4 Å². The molecule has 132 valence electrons. The van der Waals surface area contributed by atoms with E-state index >= 15 is 0 Å². The third kappa shape index (κ3) is 2.92. The second kappa shape index (κ2) is 6.45. The lowest BCUT2D eigenvalue weighted by Gasteiger charge is -2.18. The molecule has 0 N–H and O–H groups in total. The van der Waals surface area contributed by atoms with E-state index in [0.717, 1.165) is 40.2 Å². The van der Waals surface area contributed by atoms with Gasteiger partial charge in [0.1, 0.15) is 5.82 Å². The number of carbonyl (C=O) groups excluding carboxylic acids is 1. The molecule has 1 amide bonds. The van der Waals surface area contributed by atoms with E-state index in [1.807, 2.05) is 55.1 Å². The van der Waals surface area contributed by atoms with Gasteiger partial charge >= 0.3 is 0 Å². The Kier molecular flexibility index (Phi) is 4.11. The summed E-state index contributed by atoms with van der Waals surface area (Å²) in [5.41, 5.74) is 5.29. The van der Waals surface area contributed by atoms with Crippen LogP contribution in [0.15, 0.2) is 60.7 Å². The summed E-state index contributed by atoms with van der Waals surface area (Å²) in [4.78, 5) is 19.5. The number of para-hydroxylation sites is 2. The van der Waals surface area contributed by atoms with Gasteiger partial charge < -0.3 is 9.47 Å². The number of hydrogen-bond acceptors (Lipinski definition) is 2. The van der Waals surface area contributed by atoms with Gasteiger partial charge in [0, 0.05) is 31.1 Å². The quantitative estimate of drug-likeness (QED) is 0.656. The van der Waals surface area contributed by atoms with Crippen molar-refractivity contribution in [3.63, 3.8) is 0 Å². The maximum atomic E-state index is 12.7. The summed E-state index contributed by atoms with van der Waals surface area (Å²) in [5.74, 6) is 1.24. The minimum atomic E-state index is 0.0924. The first-order valence-electron chi connectivity index (χ1n) is 8.99. The second-order valence-corrected chi connectivity index (χ2v) is 7.25. The van der Waals surface area contributed by atoms with Gasteiger partial charge in [0.15, 0.2) is 0 Å². The van der Waals surface area contributed by atoms with Crippen molar-refractivity contribution in [2.24, 2.45) is 0 Å². The number of allylic oxidation sites excluding steroid dienone is 1. The molecule has 4 nitrogen and oxygen atoms in total. The molecule has 0 bridgehead atoms. The summed E-state index contributed by atoms with van der Waals surface area (Å²) in [5, 5.41) is 0. The maximum Gasteiger partial charge on any atom is 0.227 e. The zero-order valence-electron chi connectivity index (χ0n) is 15.3. The Morgan fingerprint density at radius 1 is 1.23 bits per heavy atom. The van der Waals surface area contributed by atoms with Crippen LogP contribution in [0.25, 0.3) is 11.0 Å². The molecule has 1 aliphatic heterocycles. The highest BCUT2D eigenvalue weighted by Gasteiger charge is 2.34. The van der Waals surface area contributed by atoms with E-state index in [9.17, 15) is 4.79 Å². The zero-order valence-corrected chi connectivity index (χ0v) is 15.3. The van der Waals surface area contributed by atoms with Crippen LogP contribution >= 0.6 is 0 Å². The highest BCUT2D eigenvalue weighted by atomic mass is 16.2. The molecule has 2 heterocycles. The number of aryl methyl sites for hydroxylation is 1. The van der Waals surface area contributed by atoms with Gasteiger partial charge in [-0.25, -0.2) is 4.98 Å². The topological polar surface area (TPSA) is 38.1 Å². The molecule has 26 heavy (non-hydrogen) atoms. The van der Waals surface area contributed by atoms with Crippen LogP contribution in [0.1, 0.15) is 30.7 Å². The smallest absolute Gasteiger partial charge is 0.227 e. The number of amides is 1. The Bertz CT molecular complexity index is 1000. The summed E-state index contributed by atoms with van der Waals surface area (Å²) < 4.78 is 2.22. The molecule has 4 rings (SSSR count). The Morgan fingerprint density at radius 2 is 2.04 bits per heavy atom. The lowest BCUT2D eigenvalue weighted by molar-refractivity contribution is -0.117. The van der Waals surface area contributed by atoms with Crippen LogP contribution in [-0.2, 0) is 11.3 Å². The van der Waals surface area contributed by atoms with Crippen molar-refractivity contribution in [2.45, 2.75) is 32.7 Å². The first-order valence-corrected chi connectivity index (χ1v) is 8.99. The SMILES string of the molecule is C=C(C)Cn1c(C2CC(=O)N(c3cccc(C)c3)C2)nc2ccccc21. The van der Waals surface area contributed by atoms with E-state index in [2.05, 4.69) is 23.3 Å². The molecule has 1 saturated heterocycles. The number of aromatic nitrogens is 2. The molecule has 1 fully saturated rings. The van der Waals surface area contributed by atoms with Crippen LogP contribution in [0.3, 0.4) is 0 Å². The van der Waals surface area contributed by atoms with Gasteiger partial charge in [-0.3, -0.25) is 4.79 Å². The number of fused-ring (bicyclic) bond motifs is 1. The summed E-state index contributed by atoms with van der Waals surface area (Å²) >= 11 is 0. The fraction of sp³-hybridized carbons (Fsp3) is 0.273. The van der Waals surface area contributed by atoms with Crippen molar-refractivity contribution >= 4 is 22.6 Å². The number of nitrogens with zero attached hydrogens (tertiary/aromatic N) is 3. The molecule has 0 aliphatic carbocycles. The summed E-state index contributed by atoms with van der Waals surface area (Å²) in [7, 11) is 0. The first kappa shape index (κ1) is 16.6. The lowest BCUT2D eigenvalue weighted by atomic mass is 10.1. The normalized spacial score (nSPS) is 17.2. The van der Waals surface area contributed by atoms with Crippen LogP contribution < -0.4 is 4.90 Å². The van der Waals surface area contributed by atoms with Gasteiger partial charge in [-0.2, -0.15) is 0 Å². The molecule has 2 aromatic carbocycles. The summed E-state index contributed by atoms with van der Waals surface area (Å²) in [6, 6.07) is 16.3. The molecule has 3 aromatic rings. The number of hydrogen-bond donors (Lipinski definition) is 0. The predicted octanol–water partition coefficient (Wildman–Crippen LogP) is 4.44. The van der Waals surface area contributed by atoms with Gasteiger partial charge in [0.25, 0.3) is 0 Å². The van der Waals surface area contributed by atoms with Crippen molar-refractivity contribution in [2.75, 3.05) is 11.4 Å². The van der Waals surface area contributed by atoms with Gasteiger partial charge in [-0.05, 0) is 43.7 Å². The van der Waals surface area contributed by atoms with E-state index in [1.165, 1.54) is 0 Å². The zero-order chi connectivity index (χ0) is 18.3. The van der Waals surface area contributed by atoms with Crippen LogP contribution in [0.4, 0.5) is 5.69 Å². The molecule has 4 heteroatoms. The number of anilines is 1. The van der Waals surface area contributed by atoms with Gasteiger partial charge in [0.05, 0.1) is 11.0 Å². The molecule has 0 radical (unpaired) electrons. The molecule has 0 spiro atoms. The lowest BCUT2D eigenvalue weighted by Crippen LogP contribution is -2.24. The average Bonchev–Trinajstić information content (AvgIpc) is 3.16.